The Morgan fingerprint density at radius 3 is 2.53 bits per heavy atom. The van der Waals surface area contributed by atoms with Crippen molar-refractivity contribution in [1.82, 2.24) is 0 Å². The van der Waals surface area contributed by atoms with Crippen molar-refractivity contribution < 1.29 is 16.5 Å². The predicted octanol–water partition coefficient (Wildman–Crippen LogP) is 0.629. The Bertz CT molecular complexity index is 473. The lowest BCUT2D eigenvalue weighted by Gasteiger charge is -2.09. The molecular weight excluding hydrogens is 223 g/mol. The van der Waals surface area contributed by atoms with Gasteiger partial charge in [-0.15, -0.1) is 0 Å². The van der Waals surface area contributed by atoms with Gasteiger partial charge in [-0.1, -0.05) is 3.89 Å². The van der Waals surface area contributed by atoms with Crippen LogP contribution in [-0.2, 0) is 17.0 Å². The van der Waals surface area contributed by atoms with Gasteiger partial charge in [0.2, 0.25) is 0 Å². The molecular formula is C8H11FN2O3S. The molecule has 4 N–H and O–H groups in total. The number of rotatable bonds is 3. The van der Waals surface area contributed by atoms with Crippen molar-refractivity contribution in [2.75, 3.05) is 5.73 Å². The molecule has 1 aromatic carbocycles. The SMILES string of the molecule is Cc1c(N)cc(CN)cc1OS(=O)(=O)F. The topological polar surface area (TPSA) is 95.4 Å². The van der Waals surface area contributed by atoms with Crippen molar-refractivity contribution in [3.63, 3.8) is 0 Å². The summed E-state index contributed by atoms with van der Waals surface area (Å²) < 4.78 is 37.0. The van der Waals surface area contributed by atoms with E-state index in [0.29, 0.717) is 16.8 Å². The van der Waals surface area contributed by atoms with E-state index in [-0.39, 0.29) is 12.3 Å². The fourth-order valence-corrected chi connectivity index (χ4v) is 1.47. The first-order valence-corrected chi connectivity index (χ1v) is 5.37. The van der Waals surface area contributed by atoms with Crippen LogP contribution in [0.1, 0.15) is 11.1 Å². The summed E-state index contributed by atoms with van der Waals surface area (Å²) in [4.78, 5) is 0. The van der Waals surface area contributed by atoms with E-state index in [1.165, 1.54) is 13.0 Å². The fourth-order valence-electron chi connectivity index (χ4n) is 1.08. The van der Waals surface area contributed by atoms with Crippen LogP contribution in [0.3, 0.4) is 0 Å². The molecule has 7 heteroatoms. The van der Waals surface area contributed by atoms with Gasteiger partial charge in [0.25, 0.3) is 0 Å². The molecule has 84 valence electrons. The fraction of sp³-hybridized carbons (Fsp3) is 0.250. The van der Waals surface area contributed by atoms with Crippen LogP contribution in [0.4, 0.5) is 9.57 Å². The zero-order valence-electron chi connectivity index (χ0n) is 8.03. The van der Waals surface area contributed by atoms with Crippen molar-refractivity contribution >= 4 is 16.2 Å². The smallest absolute Gasteiger partial charge is 0.398 e. The summed E-state index contributed by atoms with van der Waals surface area (Å²) in [6, 6.07) is 2.91. The Kier molecular flexibility index (Phi) is 3.15. The van der Waals surface area contributed by atoms with E-state index in [2.05, 4.69) is 4.18 Å². The average Bonchev–Trinajstić information content (AvgIpc) is 2.10. The highest BCUT2D eigenvalue weighted by atomic mass is 32.3. The minimum absolute atomic E-state index is 0.141. The summed E-state index contributed by atoms with van der Waals surface area (Å²) in [5, 5.41) is 0. The maximum atomic E-state index is 12.3. The lowest BCUT2D eigenvalue weighted by molar-refractivity contribution is 0.438. The first-order valence-electron chi connectivity index (χ1n) is 4.06. The molecule has 5 nitrogen and oxygen atoms in total. The zero-order valence-corrected chi connectivity index (χ0v) is 8.84. The number of hydrogen-bond acceptors (Lipinski definition) is 5. The molecule has 1 rings (SSSR count). The quantitative estimate of drug-likeness (QED) is 0.590. The van der Waals surface area contributed by atoms with Gasteiger partial charge in [-0.2, -0.15) is 8.42 Å². The highest BCUT2D eigenvalue weighted by Crippen LogP contribution is 2.27. The molecule has 0 radical (unpaired) electrons. The highest BCUT2D eigenvalue weighted by Gasteiger charge is 2.14. The predicted molar refractivity (Wildman–Crippen MR) is 54.1 cm³/mol. The molecule has 0 amide bonds. The molecule has 0 bridgehead atoms. The minimum Gasteiger partial charge on any atom is -0.398 e. The molecule has 15 heavy (non-hydrogen) atoms. The van der Waals surface area contributed by atoms with E-state index >= 15 is 0 Å². The number of halogens is 1. The van der Waals surface area contributed by atoms with Gasteiger partial charge < -0.3 is 15.7 Å². The second-order valence-electron chi connectivity index (χ2n) is 2.99. The molecule has 0 aromatic heterocycles. The van der Waals surface area contributed by atoms with Gasteiger partial charge in [-0.25, -0.2) is 0 Å². The molecule has 0 atom stereocenters. The maximum Gasteiger partial charge on any atom is 0.488 e. The second kappa shape index (κ2) is 4.03. The van der Waals surface area contributed by atoms with Crippen molar-refractivity contribution in [3.8, 4) is 5.75 Å². The van der Waals surface area contributed by atoms with E-state index in [1.807, 2.05) is 0 Å². The Balaban J connectivity index is 3.22. The van der Waals surface area contributed by atoms with Crippen LogP contribution in [0.5, 0.6) is 5.75 Å². The summed E-state index contributed by atoms with van der Waals surface area (Å²) in [5.41, 5.74) is 12.1. The van der Waals surface area contributed by atoms with E-state index in [9.17, 15) is 12.3 Å². The standard InChI is InChI=1S/C8H11FN2O3S/c1-5-7(11)2-6(4-10)3-8(5)14-15(9,12)13/h2-3H,4,10-11H2,1H3. The molecule has 0 spiro atoms. The first kappa shape index (κ1) is 11.7. The molecule has 1 aromatic rings. The van der Waals surface area contributed by atoms with Crippen LogP contribution < -0.4 is 15.7 Å². The number of nitrogen functional groups attached to an aromatic ring is 1. The Morgan fingerprint density at radius 1 is 1.47 bits per heavy atom. The van der Waals surface area contributed by atoms with Crippen LogP contribution in [-0.4, -0.2) is 8.42 Å². The van der Waals surface area contributed by atoms with Crippen molar-refractivity contribution in [2.45, 2.75) is 13.5 Å². The molecule has 0 aliphatic heterocycles. The Labute approximate surface area is 87.3 Å². The molecule has 0 fully saturated rings. The molecule has 0 aliphatic rings. The van der Waals surface area contributed by atoms with E-state index < -0.39 is 10.5 Å². The first-order chi connectivity index (χ1) is 6.83. The van der Waals surface area contributed by atoms with Crippen LogP contribution in [0.2, 0.25) is 0 Å². The van der Waals surface area contributed by atoms with Gasteiger partial charge in [0.15, 0.2) is 5.75 Å². The summed E-state index contributed by atoms with van der Waals surface area (Å²) in [6.45, 7) is 1.68. The number of nitrogens with two attached hydrogens (primary N) is 2. The van der Waals surface area contributed by atoms with Gasteiger partial charge in [0, 0.05) is 17.8 Å². The van der Waals surface area contributed by atoms with Gasteiger partial charge in [-0.3, -0.25) is 0 Å². The average molecular weight is 234 g/mol. The van der Waals surface area contributed by atoms with Gasteiger partial charge in [0.05, 0.1) is 0 Å². The number of hydrogen-bond donors (Lipinski definition) is 2. The van der Waals surface area contributed by atoms with Crippen LogP contribution in [0, 0.1) is 6.92 Å². The van der Waals surface area contributed by atoms with E-state index in [4.69, 9.17) is 11.5 Å². The third kappa shape index (κ3) is 3.07. The molecule has 0 heterocycles. The zero-order chi connectivity index (χ0) is 11.6. The monoisotopic (exact) mass is 234 g/mol. The summed E-state index contributed by atoms with van der Waals surface area (Å²) in [7, 11) is -5.04. The largest absolute Gasteiger partial charge is 0.488 e. The number of benzene rings is 1. The van der Waals surface area contributed by atoms with Gasteiger partial charge in [0.1, 0.15) is 0 Å². The van der Waals surface area contributed by atoms with Gasteiger partial charge in [-0.05, 0) is 24.6 Å². The van der Waals surface area contributed by atoms with Crippen LogP contribution in [0.25, 0.3) is 0 Å². The number of anilines is 1. The third-order valence-corrected chi connectivity index (χ3v) is 2.26. The molecule has 0 unspecified atom stereocenters. The van der Waals surface area contributed by atoms with Crippen molar-refractivity contribution in [2.24, 2.45) is 5.73 Å². The van der Waals surface area contributed by atoms with Crippen molar-refractivity contribution in [1.29, 1.82) is 0 Å². The van der Waals surface area contributed by atoms with E-state index in [0.717, 1.165) is 0 Å². The molecule has 0 saturated carbocycles. The van der Waals surface area contributed by atoms with Gasteiger partial charge >= 0.3 is 10.5 Å². The minimum atomic E-state index is -5.04. The highest BCUT2D eigenvalue weighted by molar-refractivity contribution is 7.81. The Hall–Kier alpha value is -1.34. The normalized spacial score (nSPS) is 11.4. The summed E-state index contributed by atoms with van der Waals surface area (Å²) in [5.74, 6) is -0.141. The Morgan fingerprint density at radius 2 is 2.07 bits per heavy atom. The summed E-state index contributed by atoms with van der Waals surface area (Å²) in [6.07, 6.45) is 0. The molecule has 0 saturated heterocycles. The molecule has 0 aliphatic carbocycles. The van der Waals surface area contributed by atoms with Crippen LogP contribution >= 0.6 is 0 Å². The second-order valence-corrected chi connectivity index (χ2v) is 3.94. The lowest BCUT2D eigenvalue weighted by atomic mass is 10.1. The third-order valence-electron chi connectivity index (χ3n) is 1.89. The lowest BCUT2D eigenvalue weighted by Crippen LogP contribution is -2.06. The van der Waals surface area contributed by atoms with E-state index in [1.54, 1.807) is 6.07 Å². The van der Waals surface area contributed by atoms with Crippen LogP contribution in [0.15, 0.2) is 12.1 Å². The van der Waals surface area contributed by atoms with Crippen molar-refractivity contribution in [3.05, 3.63) is 23.3 Å². The summed E-state index contributed by atoms with van der Waals surface area (Å²) >= 11 is 0. The maximum absolute atomic E-state index is 12.3.